The Bertz CT molecular complexity index is 608. The smallest absolute Gasteiger partial charge is 0.164 e. The maximum absolute atomic E-state index is 5.76. The van der Waals surface area contributed by atoms with Gasteiger partial charge in [-0.05, 0) is 18.7 Å². The summed E-state index contributed by atoms with van der Waals surface area (Å²) in [6.45, 7) is 0.628. The molecular formula is C13H12N2OS. The molecule has 0 aliphatic heterocycles. The summed E-state index contributed by atoms with van der Waals surface area (Å²) in [6, 6.07) is 10.0. The van der Waals surface area contributed by atoms with Crippen LogP contribution < -0.4 is 5.73 Å². The second kappa shape index (κ2) is 4.31. The van der Waals surface area contributed by atoms with Crippen molar-refractivity contribution in [3.05, 3.63) is 41.4 Å². The average Bonchev–Trinajstić information content (AvgIpc) is 2.94. The molecule has 0 atom stereocenters. The lowest BCUT2D eigenvalue weighted by atomic mass is 10.2. The molecule has 86 valence electrons. The molecule has 0 aliphatic rings. The van der Waals surface area contributed by atoms with Crippen molar-refractivity contribution in [2.75, 3.05) is 6.54 Å². The van der Waals surface area contributed by atoms with E-state index in [-0.39, 0.29) is 0 Å². The number of para-hydroxylation sites is 1. The normalized spacial score (nSPS) is 11.1. The molecule has 0 amide bonds. The van der Waals surface area contributed by atoms with Gasteiger partial charge in [-0.25, -0.2) is 4.98 Å². The first kappa shape index (κ1) is 10.5. The number of benzene rings is 1. The van der Waals surface area contributed by atoms with Gasteiger partial charge in [0.05, 0.1) is 5.69 Å². The van der Waals surface area contributed by atoms with E-state index in [1.807, 2.05) is 35.7 Å². The Hall–Kier alpha value is -1.65. The van der Waals surface area contributed by atoms with E-state index in [0.29, 0.717) is 6.54 Å². The van der Waals surface area contributed by atoms with Gasteiger partial charge in [0, 0.05) is 17.2 Å². The quantitative estimate of drug-likeness (QED) is 0.770. The van der Waals surface area contributed by atoms with E-state index >= 15 is 0 Å². The highest BCUT2D eigenvalue weighted by Crippen LogP contribution is 2.29. The van der Waals surface area contributed by atoms with Crippen LogP contribution in [0.25, 0.3) is 21.7 Å². The SMILES string of the molecule is NCCc1csc(-c2cc3ccccc3o2)n1. The summed E-state index contributed by atoms with van der Waals surface area (Å²) < 4.78 is 5.76. The lowest BCUT2D eigenvalue weighted by molar-refractivity contribution is 0.630. The van der Waals surface area contributed by atoms with E-state index in [1.54, 1.807) is 11.3 Å². The molecule has 17 heavy (non-hydrogen) atoms. The standard InChI is InChI=1S/C13H12N2OS/c14-6-5-10-8-17-13(15-10)12-7-9-3-1-2-4-11(9)16-12/h1-4,7-8H,5-6,14H2. The molecule has 0 saturated carbocycles. The molecule has 2 aromatic heterocycles. The van der Waals surface area contributed by atoms with Crippen LogP contribution in [0.15, 0.2) is 40.1 Å². The van der Waals surface area contributed by atoms with Gasteiger partial charge in [0.1, 0.15) is 5.58 Å². The lowest BCUT2D eigenvalue weighted by Crippen LogP contribution is -2.02. The summed E-state index contributed by atoms with van der Waals surface area (Å²) >= 11 is 1.60. The van der Waals surface area contributed by atoms with Gasteiger partial charge in [0.2, 0.25) is 0 Å². The zero-order chi connectivity index (χ0) is 11.7. The molecule has 4 heteroatoms. The maximum Gasteiger partial charge on any atom is 0.164 e. The van der Waals surface area contributed by atoms with Gasteiger partial charge in [-0.3, -0.25) is 0 Å². The summed E-state index contributed by atoms with van der Waals surface area (Å²) in [4.78, 5) is 4.51. The van der Waals surface area contributed by atoms with Crippen LogP contribution in [-0.2, 0) is 6.42 Å². The minimum absolute atomic E-state index is 0.628. The minimum atomic E-state index is 0.628. The third kappa shape index (κ3) is 1.97. The number of hydrogen-bond acceptors (Lipinski definition) is 4. The van der Waals surface area contributed by atoms with Gasteiger partial charge in [0.15, 0.2) is 10.8 Å². The second-order valence-corrected chi connectivity index (χ2v) is 4.69. The van der Waals surface area contributed by atoms with E-state index in [0.717, 1.165) is 33.9 Å². The first-order valence-corrected chi connectivity index (χ1v) is 6.38. The Balaban J connectivity index is 2.01. The Kier molecular flexibility index (Phi) is 2.66. The molecule has 3 aromatic rings. The number of fused-ring (bicyclic) bond motifs is 1. The van der Waals surface area contributed by atoms with Gasteiger partial charge in [0.25, 0.3) is 0 Å². The van der Waals surface area contributed by atoms with Gasteiger partial charge in [-0.2, -0.15) is 0 Å². The minimum Gasteiger partial charge on any atom is -0.454 e. The number of aromatic nitrogens is 1. The van der Waals surface area contributed by atoms with Crippen molar-refractivity contribution < 1.29 is 4.42 Å². The fourth-order valence-corrected chi connectivity index (χ4v) is 2.58. The van der Waals surface area contributed by atoms with Crippen LogP contribution in [0.5, 0.6) is 0 Å². The van der Waals surface area contributed by atoms with Crippen LogP contribution in [-0.4, -0.2) is 11.5 Å². The topological polar surface area (TPSA) is 52.0 Å². The van der Waals surface area contributed by atoms with Crippen molar-refractivity contribution in [3.63, 3.8) is 0 Å². The molecule has 0 spiro atoms. The van der Waals surface area contributed by atoms with E-state index in [9.17, 15) is 0 Å². The second-order valence-electron chi connectivity index (χ2n) is 3.83. The molecule has 3 rings (SSSR count). The molecule has 0 unspecified atom stereocenters. The molecule has 0 bridgehead atoms. The van der Waals surface area contributed by atoms with Crippen LogP contribution in [0.1, 0.15) is 5.69 Å². The average molecular weight is 244 g/mol. The predicted molar refractivity (Wildman–Crippen MR) is 70.1 cm³/mol. The number of nitrogens with zero attached hydrogens (tertiary/aromatic N) is 1. The van der Waals surface area contributed by atoms with Crippen LogP contribution in [0, 0.1) is 0 Å². The lowest BCUT2D eigenvalue weighted by Gasteiger charge is -1.89. The van der Waals surface area contributed by atoms with Crippen molar-refractivity contribution in [1.29, 1.82) is 0 Å². The van der Waals surface area contributed by atoms with E-state index in [4.69, 9.17) is 10.2 Å². The Morgan fingerprint density at radius 3 is 3.00 bits per heavy atom. The third-order valence-electron chi connectivity index (χ3n) is 2.59. The Labute approximate surface area is 103 Å². The van der Waals surface area contributed by atoms with Crippen LogP contribution >= 0.6 is 11.3 Å². The summed E-state index contributed by atoms with van der Waals surface area (Å²) in [5, 5.41) is 4.07. The molecule has 2 heterocycles. The summed E-state index contributed by atoms with van der Waals surface area (Å²) in [5.41, 5.74) is 7.45. The van der Waals surface area contributed by atoms with Crippen molar-refractivity contribution in [1.82, 2.24) is 4.98 Å². The highest BCUT2D eigenvalue weighted by Gasteiger charge is 2.09. The first-order valence-electron chi connectivity index (χ1n) is 5.50. The van der Waals surface area contributed by atoms with E-state index < -0.39 is 0 Å². The van der Waals surface area contributed by atoms with Crippen LogP contribution in [0.4, 0.5) is 0 Å². The van der Waals surface area contributed by atoms with Gasteiger partial charge in [-0.1, -0.05) is 18.2 Å². The van der Waals surface area contributed by atoms with Gasteiger partial charge >= 0.3 is 0 Å². The van der Waals surface area contributed by atoms with Crippen molar-refractivity contribution in [2.45, 2.75) is 6.42 Å². The molecule has 2 N–H and O–H groups in total. The number of hydrogen-bond donors (Lipinski definition) is 1. The largest absolute Gasteiger partial charge is 0.454 e. The molecular weight excluding hydrogens is 232 g/mol. The summed E-state index contributed by atoms with van der Waals surface area (Å²) in [7, 11) is 0. The Morgan fingerprint density at radius 1 is 1.29 bits per heavy atom. The van der Waals surface area contributed by atoms with Crippen molar-refractivity contribution in [2.24, 2.45) is 5.73 Å². The van der Waals surface area contributed by atoms with E-state index in [2.05, 4.69) is 4.98 Å². The molecule has 3 nitrogen and oxygen atoms in total. The fourth-order valence-electron chi connectivity index (χ4n) is 1.77. The molecule has 0 fully saturated rings. The Morgan fingerprint density at radius 2 is 2.18 bits per heavy atom. The third-order valence-corrected chi connectivity index (χ3v) is 3.49. The first-order chi connectivity index (χ1) is 8.36. The van der Waals surface area contributed by atoms with Gasteiger partial charge in [-0.15, -0.1) is 11.3 Å². The van der Waals surface area contributed by atoms with E-state index in [1.165, 1.54) is 0 Å². The summed E-state index contributed by atoms with van der Waals surface area (Å²) in [5.74, 6) is 0.833. The predicted octanol–water partition coefficient (Wildman–Crippen LogP) is 3.06. The maximum atomic E-state index is 5.76. The highest BCUT2D eigenvalue weighted by atomic mass is 32.1. The number of furan rings is 1. The number of thiazole rings is 1. The molecule has 1 aromatic carbocycles. The van der Waals surface area contributed by atoms with Crippen LogP contribution in [0.3, 0.4) is 0 Å². The van der Waals surface area contributed by atoms with Crippen LogP contribution in [0.2, 0.25) is 0 Å². The zero-order valence-electron chi connectivity index (χ0n) is 9.22. The fraction of sp³-hybridized carbons (Fsp3) is 0.154. The molecule has 0 aliphatic carbocycles. The number of rotatable bonds is 3. The van der Waals surface area contributed by atoms with Crippen molar-refractivity contribution in [3.8, 4) is 10.8 Å². The highest BCUT2D eigenvalue weighted by molar-refractivity contribution is 7.13. The van der Waals surface area contributed by atoms with Crippen molar-refractivity contribution >= 4 is 22.3 Å². The number of nitrogens with two attached hydrogens (primary N) is 1. The summed E-state index contributed by atoms with van der Waals surface area (Å²) in [6.07, 6.45) is 0.816. The molecule has 0 radical (unpaired) electrons. The molecule has 0 saturated heterocycles. The monoisotopic (exact) mass is 244 g/mol. The van der Waals surface area contributed by atoms with Gasteiger partial charge < -0.3 is 10.2 Å². The zero-order valence-corrected chi connectivity index (χ0v) is 10.0.